The summed E-state index contributed by atoms with van der Waals surface area (Å²) in [6.07, 6.45) is 6.87. The number of hydrogen-bond acceptors (Lipinski definition) is 2. The second-order valence-electron chi connectivity index (χ2n) is 4.60. The van der Waals surface area contributed by atoms with Crippen LogP contribution < -0.4 is 5.32 Å². The molecule has 0 spiro atoms. The minimum atomic E-state index is 0.927. The van der Waals surface area contributed by atoms with Gasteiger partial charge in [-0.3, -0.25) is 0 Å². The van der Waals surface area contributed by atoms with Crippen LogP contribution in [0.3, 0.4) is 0 Å². The van der Waals surface area contributed by atoms with Crippen molar-refractivity contribution in [2.75, 3.05) is 13.1 Å². The minimum Gasteiger partial charge on any atom is -0.316 e. The molecule has 0 unspecified atom stereocenters. The number of hydrogen-bond donors (Lipinski definition) is 1. The van der Waals surface area contributed by atoms with E-state index in [1.165, 1.54) is 45.2 Å². The Balaban J connectivity index is 1.79. The van der Waals surface area contributed by atoms with Crippen molar-refractivity contribution in [3.8, 4) is 0 Å². The summed E-state index contributed by atoms with van der Waals surface area (Å²) in [6.45, 7) is 2.48. The van der Waals surface area contributed by atoms with Crippen molar-refractivity contribution in [3.63, 3.8) is 0 Å². The van der Waals surface area contributed by atoms with E-state index in [2.05, 4.69) is 10.7 Å². The van der Waals surface area contributed by atoms with E-state index in [4.69, 9.17) is 0 Å². The van der Waals surface area contributed by atoms with Gasteiger partial charge < -0.3 is 5.32 Å². The van der Waals surface area contributed by atoms with Crippen molar-refractivity contribution >= 4 is 11.3 Å². The van der Waals surface area contributed by atoms with Gasteiger partial charge >= 0.3 is 0 Å². The van der Waals surface area contributed by atoms with Crippen molar-refractivity contribution < 1.29 is 0 Å². The zero-order chi connectivity index (χ0) is 9.38. The van der Waals surface area contributed by atoms with E-state index < -0.39 is 0 Å². The molecule has 0 atom stereocenters. The van der Waals surface area contributed by atoms with Gasteiger partial charge in [-0.05, 0) is 67.6 Å². The number of fused-ring (bicyclic) bond motifs is 1. The Morgan fingerprint density at radius 3 is 2.93 bits per heavy atom. The molecule has 0 aromatic carbocycles. The SMILES string of the molecule is c1sc2c(c1CC1CNC1)CCCC2. The number of aryl methyl sites for hydroxylation is 1. The first-order valence-electron chi connectivity index (χ1n) is 5.72. The molecule has 0 amide bonds. The molecule has 14 heavy (non-hydrogen) atoms. The van der Waals surface area contributed by atoms with Gasteiger partial charge in [-0.1, -0.05) is 0 Å². The molecular formula is C12H17NS. The first kappa shape index (κ1) is 8.93. The van der Waals surface area contributed by atoms with Gasteiger partial charge in [-0.25, -0.2) is 0 Å². The Morgan fingerprint density at radius 2 is 2.14 bits per heavy atom. The van der Waals surface area contributed by atoms with Crippen LogP contribution in [0, 0.1) is 5.92 Å². The Morgan fingerprint density at radius 1 is 1.29 bits per heavy atom. The van der Waals surface area contributed by atoms with Crippen LogP contribution in [0.5, 0.6) is 0 Å². The van der Waals surface area contributed by atoms with E-state index >= 15 is 0 Å². The molecule has 0 saturated carbocycles. The summed E-state index contributed by atoms with van der Waals surface area (Å²) in [6, 6.07) is 0. The third-order valence-corrected chi connectivity index (χ3v) is 4.66. The lowest BCUT2D eigenvalue weighted by atomic mass is 9.89. The summed E-state index contributed by atoms with van der Waals surface area (Å²) < 4.78 is 0. The van der Waals surface area contributed by atoms with E-state index in [1.54, 1.807) is 16.0 Å². The highest BCUT2D eigenvalue weighted by atomic mass is 32.1. The molecule has 1 fully saturated rings. The van der Waals surface area contributed by atoms with Crippen molar-refractivity contribution in [1.29, 1.82) is 0 Å². The number of thiophene rings is 1. The number of rotatable bonds is 2. The smallest absolute Gasteiger partial charge is 0.00800 e. The molecule has 1 aliphatic carbocycles. The second-order valence-corrected chi connectivity index (χ2v) is 5.56. The van der Waals surface area contributed by atoms with Crippen LogP contribution in [-0.4, -0.2) is 13.1 Å². The molecule has 0 radical (unpaired) electrons. The summed E-state index contributed by atoms with van der Waals surface area (Å²) in [5, 5.41) is 5.78. The first-order valence-corrected chi connectivity index (χ1v) is 6.60. The van der Waals surface area contributed by atoms with E-state index in [0.717, 1.165) is 5.92 Å². The Bertz CT molecular complexity index is 325. The highest BCUT2D eigenvalue weighted by Gasteiger charge is 2.21. The Kier molecular flexibility index (Phi) is 2.34. The molecule has 1 saturated heterocycles. The van der Waals surface area contributed by atoms with E-state index in [9.17, 15) is 0 Å². The zero-order valence-corrected chi connectivity index (χ0v) is 9.33. The topological polar surface area (TPSA) is 12.0 Å². The van der Waals surface area contributed by atoms with Crippen LogP contribution >= 0.6 is 11.3 Å². The minimum absolute atomic E-state index is 0.927. The van der Waals surface area contributed by atoms with Crippen LogP contribution in [0.25, 0.3) is 0 Å². The van der Waals surface area contributed by atoms with Gasteiger partial charge in [0.2, 0.25) is 0 Å². The Labute approximate surface area is 89.5 Å². The van der Waals surface area contributed by atoms with Gasteiger partial charge in [-0.2, -0.15) is 0 Å². The quantitative estimate of drug-likeness (QED) is 0.785. The maximum atomic E-state index is 3.36. The van der Waals surface area contributed by atoms with Crippen molar-refractivity contribution in [2.24, 2.45) is 5.92 Å². The average molecular weight is 207 g/mol. The monoisotopic (exact) mass is 207 g/mol. The molecule has 1 N–H and O–H groups in total. The van der Waals surface area contributed by atoms with Crippen LogP contribution in [0.15, 0.2) is 5.38 Å². The fourth-order valence-electron chi connectivity index (χ4n) is 2.54. The normalized spacial score (nSPS) is 21.7. The average Bonchev–Trinajstić information content (AvgIpc) is 2.55. The van der Waals surface area contributed by atoms with E-state index in [-0.39, 0.29) is 0 Å². The fraction of sp³-hybridized carbons (Fsp3) is 0.667. The van der Waals surface area contributed by atoms with Crippen molar-refractivity contribution in [2.45, 2.75) is 32.1 Å². The molecule has 1 aliphatic heterocycles. The third kappa shape index (κ3) is 1.51. The summed E-state index contributed by atoms with van der Waals surface area (Å²) >= 11 is 2.01. The van der Waals surface area contributed by atoms with Gasteiger partial charge in [0.1, 0.15) is 0 Å². The van der Waals surface area contributed by atoms with E-state index in [1.807, 2.05) is 11.3 Å². The molecule has 2 heteroatoms. The summed E-state index contributed by atoms with van der Waals surface area (Å²) in [4.78, 5) is 1.69. The largest absolute Gasteiger partial charge is 0.316 e. The molecule has 1 aromatic rings. The van der Waals surface area contributed by atoms with Gasteiger partial charge in [0, 0.05) is 4.88 Å². The fourth-order valence-corrected chi connectivity index (χ4v) is 3.70. The maximum absolute atomic E-state index is 3.36. The summed E-state index contributed by atoms with van der Waals surface area (Å²) in [5.41, 5.74) is 3.41. The molecule has 1 nitrogen and oxygen atoms in total. The van der Waals surface area contributed by atoms with Crippen LogP contribution in [-0.2, 0) is 19.3 Å². The van der Waals surface area contributed by atoms with Gasteiger partial charge in [0.15, 0.2) is 0 Å². The Hall–Kier alpha value is -0.340. The highest BCUT2D eigenvalue weighted by molar-refractivity contribution is 7.10. The lowest BCUT2D eigenvalue weighted by Crippen LogP contribution is -2.43. The van der Waals surface area contributed by atoms with Crippen molar-refractivity contribution in [1.82, 2.24) is 5.32 Å². The molecule has 1 aromatic heterocycles. The third-order valence-electron chi connectivity index (χ3n) is 3.52. The molecule has 3 rings (SSSR count). The second kappa shape index (κ2) is 3.67. The standard InChI is InChI=1S/C12H17NS/c1-2-4-12-11(3-1)10(8-14-12)5-9-6-13-7-9/h8-9,13H,1-7H2. The first-order chi connectivity index (χ1) is 6.93. The summed E-state index contributed by atoms with van der Waals surface area (Å²) in [5.74, 6) is 0.927. The van der Waals surface area contributed by atoms with Gasteiger partial charge in [0.05, 0.1) is 0 Å². The predicted octanol–water partition coefficient (Wildman–Crippen LogP) is 2.39. The predicted molar refractivity (Wildman–Crippen MR) is 61.0 cm³/mol. The lowest BCUT2D eigenvalue weighted by Gasteiger charge is -2.27. The molecular weight excluding hydrogens is 190 g/mol. The van der Waals surface area contributed by atoms with Crippen LogP contribution in [0.2, 0.25) is 0 Å². The maximum Gasteiger partial charge on any atom is 0.00800 e. The summed E-state index contributed by atoms with van der Waals surface area (Å²) in [7, 11) is 0. The lowest BCUT2D eigenvalue weighted by molar-refractivity contribution is 0.346. The van der Waals surface area contributed by atoms with Gasteiger partial charge in [0.25, 0.3) is 0 Å². The highest BCUT2D eigenvalue weighted by Crippen LogP contribution is 2.31. The molecule has 76 valence electrons. The zero-order valence-electron chi connectivity index (χ0n) is 8.51. The van der Waals surface area contributed by atoms with Gasteiger partial charge in [-0.15, -0.1) is 11.3 Å². The van der Waals surface area contributed by atoms with E-state index in [0.29, 0.717) is 0 Å². The molecule has 2 heterocycles. The van der Waals surface area contributed by atoms with Crippen molar-refractivity contribution in [3.05, 3.63) is 21.4 Å². The van der Waals surface area contributed by atoms with Crippen LogP contribution in [0.1, 0.15) is 28.8 Å². The molecule has 0 bridgehead atoms. The van der Waals surface area contributed by atoms with Crippen LogP contribution in [0.4, 0.5) is 0 Å². The molecule has 2 aliphatic rings. The number of nitrogens with one attached hydrogen (secondary N) is 1.